The van der Waals surface area contributed by atoms with Crippen molar-refractivity contribution in [2.24, 2.45) is 5.73 Å². The summed E-state index contributed by atoms with van der Waals surface area (Å²) in [5.74, 6) is -7.79. The molecule has 20 heteroatoms. The molecular weight excluding hydrogens is 480 g/mol. The van der Waals surface area contributed by atoms with Gasteiger partial charge in [-0.1, -0.05) is 0 Å². The van der Waals surface area contributed by atoms with Crippen molar-refractivity contribution in [3.8, 4) is 0 Å². The van der Waals surface area contributed by atoms with Gasteiger partial charge in [0.05, 0.1) is 12.8 Å². The van der Waals surface area contributed by atoms with Crippen LogP contribution in [0.15, 0.2) is 0 Å². The third-order valence-electron chi connectivity index (χ3n) is 2.69. The number of carbonyl (C=O) groups excluding carboxylic acids is 1. The van der Waals surface area contributed by atoms with E-state index in [0.717, 1.165) is 0 Å². The molecule has 0 aliphatic carbocycles. The molecule has 1 unspecified atom stereocenters. The van der Waals surface area contributed by atoms with Gasteiger partial charge in [0, 0.05) is 6.42 Å². The normalized spacial score (nSPS) is 14.2. The molecule has 10 N–H and O–H groups in total. The van der Waals surface area contributed by atoms with Crippen molar-refractivity contribution >= 4 is 45.5 Å². The van der Waals surface area contributed by atoms with E-state index in [4.69, 9.17) is 45.9 Å². The van der Waals surface area contributed by atoms with Crippen molar-refractivity contribution in [3.63, 3.8) is 0 Å². The number of phosphoric acid groups is 2. The van der Waals surface area contributed by atoms with Crippen LogP contribution in [0.1, 0.15) is 25.7 Å². The van der Waals surface area contributed by atoms with E-state index in [2.05, 4.69) is 8.83 Å². The van der Waals surface area contributed by atoms with Gasteiger partial charge >= 0.3 is 45.5 Å². The zero-order chi connectivity index (χ0) is 25.2. The molecule has 2 atom stereocenters. The number of aliphatic carboxylic acids is 4. The Kier molecular flexibility index (Phi) is 12.3. The van der Waals surface area contributed by atoms with Crippen LogP contribution in [0.2, 0.25) is 0 Å². The summed E-state index contributed by atoms with van der Waals surface area (Å²) in [6.07, 6.45) is -3.31. The second-order valence-electron chi connectivity index (χ2n) is 5.47. The Morgan fingerprint density at radius 2 is 1.32 bits per heavy atom. The first-order chi connectivity index (χ1) is 13.7. The molecule has 0 fully saturated rings. The molecule has 0 spiro atoms. The van der Waals surface area contributed by atoms with Crippen molar-refractivity contribution in [1.29, 1.82) is 0 Å². The topological polar surface area (TPSA) is 326 Å². The summed E-state index contributed by atoms with van der Waals surface area (Å²) in [6, 6.07) is -1.38. The van der Waals surface area contributed by atoms with Gasteiger partial charge in [-0.3, -0.25) is 24.1 Å². The fourth-order valence-corrected chi connectivity index (χ4v) is 2.99. The van der Waals surface area contributed by atoms with E-state index in [9.17, 15) is 33.1 Å². The number of rotatable bonds is 12. The average molecular weight is 499 g/mol. The number of aliphatic hydroxyl groups is 1. The lowest BCUT2D eigenvalue weighted by molar-refractivity contribution is -0.170. The third-order valence-corrected chi connectivity index (χ3v) is 4.80. The lowest BCUT2D eigenvalue weighted by atomic mass is 9.96. The number of carbonyl (C=O) groups is 5. The maximum atomic E-state index is 10.9. The van der Waals surface area contributed by atoms with Gasteiger partial charge in [0.25, 0.3) is 0 Å². The molecule has 18 nitrogen and oxygen atoms in total. The molecule has 0 radical (unpaired) electrons. The van der Waals surface area contributed by atoms with Gasteiger partial charge in [-0.25, -0.2) is 13.9 Å². The van der Waals surface area contributed by atoms with E-state index in [-0.39, 0.29) is 6.42 Å². The monoisotopic (exact) mass is 499 g/mol. The molecule has 0 aromatic carbocycles. The molecule has 0 aromatic rings. The molecule has 180 valence electrons. The molecule has 0 aromatic heterocycles. The largest absolute Gasteiger partial charge is 0.538 e. The van der Waals surface area contributed by atoms with E-state index >= 15 is 0 Å². The minimum Gasteiger partial charge on any atom is -0.481 e. The summed E-state index contributed by atoms with van der Waals surface area (Å²) in [7, 11) is -10.6. The maximum absolute atomic E-state index is 10.9. The predicted molar refractivity (Wildman–Crippen MR) is 91.0 cm³/mol. The number of hydrogen-bond acceptors (Lipinski definition) is 11. The van der Waals surface area contributed by atoms with Crippen molar-refractivity contribution < 1.29 is 82.2 Å². The van der Waals surface area contributed by atoms with Crippen molar-refractivity contribution in [2.75, 3.05) is 0 Å². The minimum absolute atomic E-state index is 0.385. The molecule has 0 rings (SSSR count). The van der Waals surface area contributed by atoms with Gasteiger partial charge in [-0.2, -0.15) is 4.31 Å². The van der Waals surface area contributed by atoms with E-state index in [1.807, 2.05) is 0 Å². The zero-order valence-electron chi connectivity index (χ0n) is 15.1. The van der Waals surface area contributed by atoms with E-state index in [0.29, 0.717) is 0 Å². The highest BCUT2D eigenvalue weighted by molar-refractivity contribution is 7.61. The molecule has 0 bridgehead atoms. The van der Waals surface area contributed by atoms with Crippen LogP contribution in [0, 0.1) is 0 Å². The number of carboxylic acid groups (broad SMARTS) is 4. The van der Waals surface area contributed by atoms with Gasteiger partial charge in [-0.05, 0) is 6.42 Å². The molecule has 31 heavy (non-hydrogen) atoms. The number of phosphoric ester groups is 1. The van der Waals surface area contributed by atoms with Crippen molar-refractivity contribution in [1.82, 2.24) is 0 Å². The Bertz CT molecular complexity index is 771. The van der Waals surface area contributed by atoms with Crippen LogP contribution in [0.5, 0.6) is 0 Å². The van der Waals surface area contributed by atoms with E-state index in [1.165, 1.54) is 0 Å². The van der Waals surface area contributed by atoms with Gasteiger partial charge in [0.1, 0.15) is 6.04 Å². The Labute approximate surface area is 171 Å². The highest BCUT2D eigenvalue weighted by Gasteiger charge is 2.40. The second-order valence-corrected chi connectivity index (χ2v) is 8.22. The van der Waals surface area contributed by atoms with Crippen LogP contribution in [-0.4, -0.2) is 81.7 Å². The van der Waals surface area contributed by atoms with Crippen LogP contribution in [-0.2, 0) is 41.9 Å². The molecule has 0 saturated heterocycles. The van der Waals surface area contributed by atoms with Gasteiger partial charge in [0.15, 0.2) is 5.60 Å². The third kappa shape index (κ3) is 16.0. The molecule has 0 aliphatic heterocycles. The van der Waals surface area contributed by atoms with Gasteiger partial charge in [-0.15, -0.1) is 0 Å². The predicted octanol–water partition coefficient (Wildman–Crippen LogP) is -2.32. The molecule has 0 saturated carbocycles. The first-order valence-corrected chi connectivity index (χ1v) is 10.4. The Morgan fingerprint density at radius 3 is 1.61 bits per heavy atom. The Morgan fingerprint density at radius 1 is 0.903 bits per heavy atom. The lowest BCUT2D eigenvalue weighted by Gasteiger charge is -2.18. The van der Waals surface area contributed by atoms with Crippen LogP contribution in [0.4, 0.5) is 0 Å². The Hall–Kier alpha value is -2.43. The summed E-state index contributed by atoms with van der Waals surface area (Å²) < 4.78 is 28.2. The smallest absolute Gasteiger partial charge is 0.481 e. The summed E-state index contributed by atoms with van der Waals surface area (Å²) in [6.45, 7) is 0. The maximum Gasteiger partial charge on any atom is 0.538 e. The zero-order valence-corrected chi connectivity index (χ0v) is 16.9. The highest BCUT2D eigenvalue weighted by atomic mass is 31.3. The summed E-state index contributed by atoms with van der Waals surface area (Å²) >= 11 is 0. The molecular formula is C11H19NO17P2. The first-order valence-electron chi connectivity index (χ1n) is 7.40. The van der Waals surface area contributed by atoms with Crippen LogP contribution in [0.3, 0.4) is 0 Å². The first kappa shape index (κ1) is 30.8. The van der Waals surface area contributed by atoms with Crippen LogP contribution < -0.4 is 5.73 Å². The number of carboxylic acids is 4. The van der Waals surface area contributed by atoms with Crippen LogP contribution >= 0.6 is 15.6 Å². The fourth-order valence-electron chi connectivity index (χ4n) is 1.44. The Balaban J connectivity index is 0. The highest BCUT2D eigenvalue weighted by Crippen LogP contribution is 2.57. The molecule has 0 aliphatic rings. The van der Waals surface area contributed by atoms with E-state index < -0.39 is 76.4 Å². The SMILES string of the molecule is N[C@@H](CCC(=O)OP(=O)(O)OP(=O)(O)O)C(=O)O.O=C(O)CC(O)(CC(=O)O)C(=O)O. The fraction of sp³-hybridized carbons (Fsp3) is 0.545. The molecule has 0 heterocycles. The van der Waals surface area contributed by atoms with Gasteiger partial charge < -0.3 is 45.6 Å². The standard InChI is InChI=1S/C6H8O7.C5H11NO10P2/c7-3(8)1-6(13,5(11)12)2-4(9)10;6-3(5(8)9)1-2-4(7)15-18(13,14)16-17(10,11)12/h13H,1-2H2,(H,7,8)(H,9,10)(H,11,12);3H,1-2,6H2,(H,8,9)(H,13,14)(H2,10,11,12)/t;3-/m.0/s1. The summed E-state index contributed by atoms with van der Waals surface area (Å²) in [5, 5.41) is 42.2. The van der Waals surface area contributed by atoms with Gasteiger partial charge in [0.2, 0.25) is 0 Å². The average Bonchev–Trinajstić information content (AvgIpc) is 2.48. The summed E-state index contributed by atoms with van der Waals surface area (Å²) in [4.78, 5) is 76.9. The quantitative estimate of drug-likeness (QED) is 0.127. The van der Waals surface area contributed by atoms with E-state index in [1.54, 1.807) is 0 Å². The van der Waals surface area contributed by atoms with Crippen molar-refractivity contribution in [3.05, 3.63) is 0 Å². The lowest BCUT2D eigenvalue weighted by Crippen LogP contribution is -2.42. The molecule has 0 amide bonds. The minimum atomic E-state index is -5.31. The second kappa shape index (κ2) is 12.4. The number of hydrogen-bond donors (Lipinski definition) is 9. The number of nitrogens with two attached hydrogens (primary N) is 1. The summed E-state index contributed by atoms with van der Waals surface area (Å²) in [5.41, 5.74) is 2.30. The van der Waals surface area contributed by atoms with Crippen LogP contribution in [0.25, 0.3) is 0 Å². The van der Waals surface area contributed by atoms with Crippen molar-refractivity contribution in [2.45, 2.75) is 37.3 Å².